The van der Waals surface area contributed by atoms with Gasteiger partial charge in [-0.05, 0) is 44.2 Å². The molecule has 0 unspecified atom stereocenters. The lowest BCUT2D eigenvalue weighted by Crippen LogP contribution is -2.30. The third-order valence-corrected chi connectivity index (χ3v) is 3.13. The maximum Gasteiger partial charge on any atom is 0.0667 e. The lowest BCUT2D eigenvalue weighted by Gasteiger charge is -2.21. The van der Waals surface area contributed by atoms with Crippen LogP contribution in [-0.4, -0.2) is 35.7 Å². The summed E-state index contributed by atoms with van der Waals surface area (Å²) in [7, 11) is 0. The smallest absolute Gasteiger partial charge is 0.0667 e. The maximum atomic E-state index is 9.86. The fourth-order valence-electron chi connectivity index (χ4n) is 2.22. The molecule has 90 valence electrons. The molecule has 0 bridgehead atoms. The first-order chi connectivity index (χ1) is 6.97. The van der Waals surface area contributed by atoms with Crippen molar-refractivity contribution in [2.24, 2.45) is 5.41 Å². The Labute approximate surface area is 94.7 Å². The van der Waals surface area contributed by atoms with E-state index in [1.165, 1.54) is 32.4 Å². The fraction of sp³-hybridized carbons (Fsp3) is 1.00. The van der Waals surface area contributed by atoms with E-state index >= 15 is 0 Å². The summed E-state index contributed by atoms with van der Waals surface area (Å²) in [6.45, 7) is 10.1. The van der Waals surface area contributed by atoms with Crippen LogP contribution in [0.2, 0.25) is 0 Å². The van der Waals surface area contributed by atoms with Gasteiger partial charge in [-0.25, -0.2) is 0 Å². The number of hydrogen-bond acceptors (Lipinski definition) is 2. The molecule has 1 saturated heterocycles. The zero-order chi connectivity index (χ0) is 11.3. The minimum atomic E-state index is -0.106. The van der Waals surface area contributed by atoms with Crippen molar-refractivity contribution in [1.82, 2.24) is 4.90 Å². The van der Waals surface area contributed by atoms with Gasteiger partial charge in [-0.2, -0.15) is 0 Å². The van der Waals surface area contributed by atoms with Gasteiger partial charge in [-0.1, -0.05) is 27.2 Å². The van der Waals surface area contributed by atoms with E-state index in [1.54, 1.807) is 0 Å². The van der Waals surface area contributed by atoms with E-state index < -0.39 is 0 Å². The number of aliphatic hydroxyl groups is 1. The van der Waals surface area contributed by atoms with Crippen molar-refractivity contribution in [2.75, 3.05) is 19.6 Å². The van der Waals surface area contributed by atoms with E-state index in [4.69, 9.17) is 0 Å². The number of hydrogen-bond donors (Lipinski definition) is 1. The highest BCUT2D eigenvalue weighted by molar-refractivity contribution is 4.71. The summed E-state index contributed by atoms with van der Waals surface area (Å²) in [6, 6.07) is 0. The molecular formula is C13H27NO. The van der Waals surface area contributed by atoms with Crippen LogP contribution in [0.25, 0.3) is 0 Å². The molecular weight excluding hydrogens is 186 g/mol. The molecule has 0 saturated carbocycles. The molecule has 1 heterocycles. The molecule has 2 heteroatoms. The van der Waals surface area contributed by atoms with E-state index in [2.05, 4.69) is 25.7 Å². The molecule has 1 fully saturated rings. The Kier molecular flexibility index (Phi) is 5.07. The van der Waals surface area contributed by atoms with Crippen LogP contribution in [0.4, 0.5) is 0 Å². The van der Waals surface area contributed by atoms with Crippen LogP contribution in [-0.2, 0) is 0 Å². The Morgan fingerprint density at radius 3 is 2.33 bits per heavy atom. The van der Waals surface area contributed by atoms with Crippen LogP contribution in [0, 0.1) is 5.41 Å². The first-order valence-electron chi connectivity index (χ1n) is 6.38. The average Bonchev–Trinajstić information content (AvgIpc) is 2.54. The Balaban J connectivity index is 2.05. The molecule has 0 spiro atoms. The van der Waals surface area contributed by atoms with E-state index in [0.717, 1.165) is 19.4 Å². The van der Waals surface area contributed by atoms with Crippen LogP contribution in [0.15, 0.2) is 0 Å². The minimum Gasteiger partial charge on any atom is -0.392 e. The molecule has 1 N–H and O–H groups in total. The normalized spacial score (nSPS) is 20.8. The van der Waals surface area contributed by atoms with Gasteiger partial charge in [0.2, 0.25) is 0 Å². The van der Waals surface area contributed by atoms with Crippen LogP contribution in [0.5, 0.6) is 0 Å². The summed E-state index contributed by atoms with van der Waals surface area (Å²) in [5.41, 5.74) is 0.410. The van der Waals surface area contributed by atoms with Gasteiger partial charge in [0.25, 0.3) is 0 Å². The van der Waals surface area contributed by atoms with Crippen molar-refractivity contribution < 1.29 is 5.11 Å². The summed E-state index contributed by atoms with van der Waals surface area (Å²) >= 11 is 0. The number of β-amino-alcohol motifs (C(OH)–C–C–N with tert-alkyl or cyclic N) is 1. The number of nitrogens with zero attached hydrogens (tertiary/aromatic N) is 1. The second-order valence-corrected chi connectivity index (χ2v) is 6.11. The minimum absolute atomic E-state index is 0.106. The van der Waals surface area contributed by atoms with Crippen LogP contribution in [0.3, 0.4) is 0 Å². The zero-order valence-corrected chi connectivity index (χ0v) is 10.6. The second kappa shape index (κ2) is 5.86. The van der Waals surface area contributed by atoms with Gasteiger partial charge in [0, 0.05) is 6.54 Å². The molecule has 1 aliphatic heterocycles. The topological polar surface area (TPSA) is 23.5 Å². The first-order valence-corrected chi connectivity index (χ1v) is 6.38. The molecule has 1 atom stereocenters. The molecule has 1 rings (SSSR count). The molecule has 0 aromatic rings. The van der Waals surface area contributed by atoms with Crippen LogP contribution >= 0.6 is 0 Å². The van der Waals surface area contributed by atoms with Gasteiger partial charge in [-0.15, -0.1) is 0 Å². The lowest BCUT2D eigenvalue weighted by molar-refractivity contribution is 0.111. The maximum absolute atomic E-state index is 9.86. The average molecular weight is 213 g/mol. The van der Waals surface area contributed by atoms with Gasteiger partial charge in [0.05, 0.1) is 6.10 Å². The molecule has 0 radical (unpaired) electrons. The molecule has 1 aliphatic rings. The predicted molar refractivity (Wildman–Crippen MR) is 65.0 cm³/mol. The summed E-state index contributed by atoms with van der Waals surface area (Å²) in [4.78, 5) is 2.39. The molecule has 2 nitrogen and oxygen atoms in total. The highest BCUT2D eigenvalue weighted by Crippen LogP contribution is 2.22. The molecule has 0 aromatic carbocycles. The summed E-state index contributed by atoms with van der Waals surface area (Å²) in [5, 5.41) is 9.86. The molecule has 0 aliphatic carbocycles. The predicted octanol–water partition coefficient (Wildman–Crippen LogP) is 2.66. The molecule has 0 amide bonds. The van der Waals surface area contributed by atoms with Gasteiger partial charge in [-0.3, -0.25) is 0 Å². The standard InChI is InChI=1S/C13H27NO/c1-13(2,3)8-6-7-12(15)11-14-9-4-5-10-14/h12,15H,4-11H2,1-3H3/t12-/m1/s1. The molecule has 15 heavy (non-hydrogen) atoms. The van der Waals surface area contributed by atoms with E-state index in [9.17, 15) is 5.11 Å². The van der Waals surface area contributed by atoms with Gasteiger partial charge >= 0.3 is 0 Å². The first kappa shape index (κ1) is 13.0. The summed E-state index contributed by atoms with van der Waals surface area (Å²) in [5.74, 6) is 0. The Morgan fingerprint density at radius 1 is 1.20 bits per heavy atom. The van der Waals surface area contributed by atoms with E-state index in [-0.39, 0.29) is 6.10 Å². The number of likely N-dealkylation sites (tertiary alicyclic amines) is 1. The summed E-state index contributed by atoms with van der Waals surface area (Å²) in [6.07, 6.45) is 5.85. The fourth-order valence-corrected chi connectivity index (χ4v) is 2.22. The van der Waals surface area contributed by atoms with Crippen molar-refractivity contribution in [1.29, 1.82) is 0 Å². The third kappa shape index (κ3) is 6.16. The SMILES string of the molecule is CC(C)(C)CCC[C@@H](O)CN1CCCC1. The highest BCUT2D eigenvalue weighted by Gasteiger charge is 2.16. The number of rotatable bonds is 5. The van der Waals surface area contributed by atoms with Crippen molar-refractivity contribution in [3.8, 4) is 0 Å². The monoisotopic (exact) mass is 213 g/mol. The van der Waals surface area contributed by atoms with E-state index in [1.807, 2.05) is 0 Å². The van der Waals surface area contributed by atoms with Crippen molar-refractivity contribution in [3.05, 3.63) is 0 Å². The Bertz CT molecular complexity index is 168. The van der Waals surface area contributed by atoms with E-state index in [0.29, 0.717) is 5.41 Å². The van der Waals surface area contributed by atoms with Crippen molar-refractivity contribution in [3.63, 3.8) is 0 Å². The van der Waals surface area contributed by atoms with Gasteiger partial charge < -0.3 is 10.0 Å². The van der Waals surface area contributed by atoms with Gasteiger partial charge in [0.1, 0.15) is 0 Å². The number of aliphatic hydroxyl groups excluding tert-OH is 1. The van der Waals surface area contributed by atoms with Crippen molar-refractivity contribution in [2.45, 2.75) is 59.0 Å². The Morgan fingerprint density at radius 2 is 1.80 bits per heavy atom. The quantitative estimate of drug-likeness (QED) is 0.759. The third-order valence-electron chi connectivity index (χ3n) is 3.13. The van der Waals surface area contributed by atoms with Crippen LogP contribution in [0.1, 0.15) is 52.9 Å². The highest BCUT2D eigenvalue weighted by atomic mass is 16.3. The second-order valence-electron chi connectivity index (χ2n) is 6.11. The Hall–Kier alpha value is -0.0800. The van der Waals surface area contributed by atoms with Crippen molar-refractivity contribution >= 4 is 0 Å². The largest absolute Gasteiger partial charge is 0.392 e. The zero-order valence-electron chi connectivity index (χ0n) is 10.6. The molecule has 0 aromatic heterocycles. The van der Waals surface area contributed by atoms with Gasteiger partial charge in [0.15, 0.2) is 0 Å². The summed E-state index contributed by atoms with van der Waals surface area (Å²) < 4.78 is 0. The van der Waals surface area contributed by atoms with Crippen LogP contribution < -0.4 is 0 Å². The lowest BCUT2D eigenvalue weighted by atomic mass is 9.89.